The van der Waals surface area contributed by atoms with Crippen LogP contribution in [0.2, 0.25) is 0 Å². The molecule has 6 rings (SSSR count). The maximum atomic E-state index is 12.6. The second-order valence-corrected chi connectivity index (χ2v) is 9.22. The first kappa shape index (κ1) is 20.0. The van der Waals surface area contributed by atoms with Gasteiger partial charge in [-0.25, -0.2) is 15.0 Å². The summed E-state index contributed by atoms with van der Waals surface area (Å²) >= 11 is 0. The van der Waals surface area contributed by atoms with E-state index in [4.69, 9.17) is 4.98 Å². The zero-order valence-corrected chi connectivity index (χ0v) is 18.5. The summed E-state index contributed by atoms with van der Waals surface area (Å²) in [6.07, 6.45) is 12.3. The Bertz CT molecular complexity index is 1280. The van der Waals surface area contributed by atoms with E-state index in [1.165, 1.54) is 6.20 Å². The van der Waals surface area contributed by atoms with Gasteiger partial charge in [0.15, 0.2) is 0 Å². The zero-order chi connectivity index (χ0) is 22.7. The van der Waals surface area contributed by atoms with Crippen LogP contribution in [0.4, 0.5) is 11.6 Å². The minimum Gasteiger partial charge on any atom is -0.318 e. The first-order chi connectivity index (χ1) is 16.0. The summed E-state index contributed by atoms with van der Waals surface area (Å²) in [5.41, 5.74) is 2.94. The third kappa shape index (κ3) is 3.12. The van der Waals surface area contributed by atoms with Crippen molar-refractivity contribution in [2.75, 3.05) is 16.8 Å². The molecule has 3 aromatic rings. The lowest BCUT2D eigenvalue weighted by Crippen LogP contribution is -2.43. The van der Waals surface area contributed by atoms with Crippen LogP contribution in [0, 0.1) is 25.7 Å². The second-order valence-electron chi connectivity index (χ2n) is 9.22. The van der Waals surface area contributed by atoms with Gasteiger partial charge in [-0.3, -0.25) is 24.2 Å². The predicted octanol–water partition coefficient (Wildman–Crippen LogP) is 2.24. The van der Waals surface area contributed by atoms with Crippen LogP contribution in [0.3, 0.4) is 0 Å². The molecule has 0 spiro atoms. The van der Waals surface area contributed by atoms with Gasteiger partial charge in [-0.15, -0.1) is 0 Å². The molecule has 2 amide bonds. The van der Waals surface area contributed by atoms with Crippen molar-refractivity contribution in [3.8, 4) is 0 Å². The van der Waals surface area contributed by atoms with Crippen LogP contribution in [0.15, 0.2) is 31.0 Å². The van der Waals surface area contributed by atoms with Crippen LogP contribution in [-0.4, -0.2) is 48.1 Å². The maximum Gasteiger partial charge on any atom is 0.276 e. The summed E-state index contributed by atoms with van der Waals surface area (Å²) in [7, 11) is 0. The summed E-state index contributed by atoms with van der Waals surface area (Å²) in [5.74, 6) is 0.976. The third-order valence-electron chi connectivity index (χ3n) is 7.19. The number of hydrogen-bond acceptors (Lipinski definition) is 7. The minimum absolute atomic E-state index is 0.149. The highest BCUT2D eigenvalue weighted by molar-refractivity contribution is 6.03. The maximum absolute atomic E-state index is 12.6. The SMILES string of the molecule is Cc1nc(N2C[C@H]3C[C@H]3C2=O)ncc1C1(n2cc(NC(=O)c3nccnc3C)cn2)CCC1. The van der Waals surface area contributed by atoms with Gasteiger partial charge in [-0.05, 0) is 45.4 Å². The molecule has 33 heavy (non-hydrogen) atoms. The number of amides is 2. The molecule has 1 saturated heterocycles. The van der Waals surface area contributed by atoms with Crippen LogP contribution in [0.5, 0.6) is 0 Å². The van der Waals surface area contributed by atoms with Crippen LogP contribution >= 0.6 is 0 Å². The Labute approximate surface area is 190 Å². The fraction of sp³-hybridized carbons (Fsp3) is 0.435. The highest BCUT2D eigenvalue weighted by atomic mass is 16.2. The number of carbonyl (C=O) groups excluding carboxylic acids is 2. The lowest BCUT2D eigenvalue weighted by atomic mass is 9.72. The molecule has 2 saturated carbocycles. The van der Waals surface area contributed by atoms with E-state index in [9.17, 15) is 9.59 Å². The molecule has 0 aromatic carbocycles. The number of anilines is 2. The summed E-state index contributed by atoms with van der Waals surface area (Å²) < 4.78 is 1.90. The van der Waals surface area contributed by atoms with Crippen molar-refractivity contribution in [1.29, 1.82) is 0 Å². The monoisotopic (exact) mass is 444 g/mol. The molecule has 2 atom stereocenters. The fourth-order valence-electron chi connectivity index (χ4n) is 5.07. The van der Waals surface area contributed by atoms with Gasteiger partial charge in [-0.1, -0.05) is 0 Å². The lowest BCUT2D eigenvalue weighted by Gasteiger charge is -2.42. The number of aryl methyl sites for hydroxylation is 2. The Hall–Kier alpha value is -3.69. The van der Waals surface area contributed by atoms with E-state index in [1.54, 1.807) is 24.2 Å². The third-order valence-corrected chi connectivity index (χ3v) is 7.19. The molecule has 10 nitrogen and oxygen atoms in total. The van der Waals surface area contributed by atoms with E-state index in [1.807, 2.05) is 24.0 Å². The Morgan fingerprint density at radius 1 is 1.12 bits per heavy atom. The van der Waals surface area contributed by atoms with Crippen molar-refractivity contribution in [1.82, 2.24) is 29.7 Å². The van der Waals surface area contributed by atoms with Gasteiger partial charge < -0.3 is 5.32 Å². The van der Waals surface area contributed by atoms with Gasteiger partial charge in [0.1, 0.15) is 5.69 Å². The molecular formula is C23H24N8O2. The molecule has 168 valence electrons. The van der Waals surface area contributed by atoms with Crippen molar-refractivity contribution in [3.05, 3.63) is 53.6 Å². The predicted molar refractivity (Wildman–Crippen MR) is 119 cm³/mol. The zero-order valence-electron chi connectivity index (χ0n) is 18.5. The average molecular weight is 444 g/mol. The smallest absolute Gasteiger partial charge is 0.276 e. The van der Waals surface area contributed by atoms with Gasteiger partial charge in [0, 0.05) is 48.5 Å². The number of carbonyl (C=O) groups is 2. The van der Waals surface area contributed by atoms with Gasteiger partial charge in [0.25, 0.3) is 5.91 Å². The Balaban J connectivity index is 1.25. The highest BCUT2D eigenvalue weighted by Gasteiger charge is 2.53. The van der Waals surface area contributed by atoms with Crippen LogP contribution < -0.4 is 10.2 Å². The Morgan fingerprint density at radius 3 is 2.61 bits per heavy atom. The lowest BCUT2D eigenvalue weighted by molar-refractivity contribution is -0.118. The number of nitrogens with one attached hydrogen (secondary N) is 1. The second kappa shape index (κ2) is 7.16. The van der Waals surface area contributed by atoms with Crippen molar-refractivity contribution in [2.24, 2.45) is 11.8 Å². The van der Waals surface area contributed by atoms with E-state index in [0.717, 1.165) is 43.5 Å². The molecule has 0 unspecified atom stereocenters. The van der Waals surface area contributed by atoms with Crippen LogP contribution in [0.25, 0.3) is 0 Å². The number of nitrogens with zero attached hydrogens (tertiary/aromatic N) is 7. The van der Waals surface area contributed by atoms with Crippen LogP contribution in [0.1, 0.15) is 53.1 Å². The largest absolute Gasteiger partial charge is 0.318 e. The van der Waals surface area contributed by atoms with Crippen molar-refractivity contribution >= 4 is 23.5 Å². The molecule has 4 heterocycles. The molecule has 3 fully saturated rings. The van der Waals surface area contributed by atoms with Gasteiger partial charge in [0.2, 0.25) is 11.9 Å². The van der Waals surface area contributed by atoms with E-state index < -0.39 is 0 Å². The number of fused-ring (bicyclic) bond motifs is 1. The quantitative estimate of drug-likeness (QED) is 0.641. The molecule has 10 heteroatoms. The topological polar surface area (TPSA) is 119 Å². The van der Waals surface area contributed by atoms with Crippen LogP contribution in [-0.2, 0) is 10.3 Å². The van der Waals surface area contributed by atoms with Crippen molar-refractivity contribution in [3.63, 3.8) is 0 Å². The molecule has 3 aliphatic rings. The molecule has 3 aromatic heterocycles. The van der Waals surface area contributed by atoms with Gasteiger partial charge in [0.05, 0.1) is 23.1 Å². The summed E-state index contributed by atoms with van der Waals surface area (Å²) in [6.45, 7) is 4.44. The minimum atomic E-state index is -0.356. The Kier molecular flexibility index (Phi) is 4.33. The number of hydrogen-bond donors (Lipinski definition) is 1. The van der Waals surface area contributed by atoms with Crippen molar-refractivity contribution in [2.45, 2.75) is 45.1 Å². The van der Waals surface area contributed by atoms with E-state index in [2.05, 4.69) is 25.4 Å². The molecule has 2 aliphatic carbocycles. The standard InChI is InChI=1S/C23H24N8O2/c1-13-18(10-26-22(28-13)30-11-15-8-17(15)21(30)33)23(4-3-5-23)31-12-16(9-27-31)29-20(32)19-14(2)24-6-7-25-19/h6-7,9-10,12,15,17H,3-5,8,11H2,1-2H3,(H,29,32)/t15-,17-/m1/s1. The number of piperidine rings is 1. The molecule has 1 aliphatic heterocycles. The molecule has 1 N–H and O–H groups in total. The fourth-order valence-corrected chi connectivity index (χ4v) is 5.07. The number of aromatic nitrogens is 6. The van der Waals surface area contributed by atoms with Gasteiger partial charge >= 0.3 is 0 Å². The average Bonchev–Trinajstić information content (AvgIpc) is 3.28. The van der Waals surface area contributed by atoms with E-state index in [-0.39, 0.29) is 29.0 Å². The molecule has 0 bridgehead atoms. The normalized spacial score (nSPS) is 22.6. The summed E-state index contributed by atoms with van der Waals surface area (Å²) in [4.78, 5) is 44.3. The molecular weight excluding hydrogens is 420 g/mol. The molecule has 0 radical (unpaired) electrons. The summed E-state index contributed by atoms with van der Waals surface area (Å²) in [6, 6.07) is 0. The first-order valence-electron chi connectivity index (χ1n) is 11.3. The first-order valence-corrected chi connectivity index (χ1v) is 11.3. The van der Waals surface area contributed by atoms with Crippen molar-refractivity contribution < 1.29 is 9.59 Å². The van der Waals surface area contributed by atoms with E-state index in [0.29, 0.717) is 23.2 Å². The summed E-state index contributed by atoms with van der Waals surface area (Å²) in [5, 5.41) is 7.44. The van der Waals surface area contributed by atoms with E-state index >= 15 is 0 Å². The number of rotatable bonds is 5. The van der Waals surface area contributed by atoms with Gasteiger partial charge in [-0.2, -0.15) is 5.10 Å². The highest BCUT2D eigenvalue weighted by Crippen LogP contribution is 2.48. The Morgan fingerprint density at radius 2 is 1.94 bits per heavy atom.